The van der Waals surface area contributed by atoms with Crippen LogP contribution in [0.1, 0.15) is 264 Å². The van der Waals surface area contributed by atoms with Crippen LogP contribution in [0.2, 0.25) is 0 Å². The third-order valence-electron chi connectivity index (χ3n) is 13.6. The van der Waals surface area contributed by atoms with Gasteiger partial charge in [0.15, 0.2) is 0 Å². The molecule has 2 N–H and O–H groups in total. The smallest absolute Gasteiger partial charge is 0.268 e. The molecule has 0 aromatic rings. The molecule has 0 rings (SSSR count). The Labute approximate surface area is 464 Å². The number of allylic oxidation sites excluding steroid dienone is 16. The Morgan fingerprint density at radius 2 is 0.813 bits per heavy atom. The number of unbranched alkanes of at least 4 members (excludes halogenated alkanes) is 27. The number of nitrogens with one attached hydrogen (secondary N) is 1. The van der Waals surface area contributed by atoms with Crippen molar-refractivity contribution in [3.8, 4) is 0 Å². The van der Waals surface area contributed by atoms with E-state index in [9.17, 15) is 19.4 Å². The molecule has 0 spiro atoms. The fraction of sp³-hybridized carbons (Fsp3) is 0.742. The molecule has 0 aromatic heterocycles. The Morgan fingerprint density at radius 1 is 0.480 bits per heavy atom. The van der Waals surface area contributed by atoms with E-state index in [0.29, 0.717) is 23.9 Å². The van der Waals surface area contributed by atoms with E-state index in [1.807, 2.05) is 21.1 Å². The van der Waals surface area contributed by atoms with Gasteiger partial charge in [0.1, 0.15) is 13.2 Å². The van der Waals surface area contributed by atoms with Gasteiger partial charge in [0.05, 0.1) is 39.9 Å². The minimum Gasteiger partial charge on any atom is -0.756 e. The van der Waals surface area contributed by atoms with Gasteiger partial charge in [-0.25, -0.2) is 0 Å². The van der Waals surface area contributed by atoms with E-state index in [2.05, 4.69) is 116 Å². The first-order valence-corrected chi connectivity index (χ1v) is 32.5. The Bertz CT molecular complexity index is 1540. The maximum Gasteiger partial charge on any atom is 0.268 e. The van der Waals surface area contributed by atoms with Gasteiger partial charge in [-0.3, -0.25) is 9.36 Å². The molecule has 0 aliphatic heterocycles. The number of rotatable bonds is 56. The number of hydrogen-bond acceptors (Lipinski definition) is 6. The summed E-state index contributed by atoms with van der Waals surface area (Å²) >= 11 is 0. The SMILES string of the molecule is CC/C=C\C/C=C\C/C=C\C/C=C\C/C=C\C/C=C\C/C=C\C/C=C\CCCCCCCCCCCCC(=O)NC(COP(=O)([O-])OCC[N+](C)(C)C)C(O)CCCCCCCCCCCCCCCCCCCC. The Kier molecular flexibility index (Phi) is 54.2. The van der Waals surface area contributed by atoms with Gasteiger partial charge in [0, 0.05) is 6.42 Å². The number of nitrogens with zero attached hydrogens (tertiary/aromatic N) is 1. The summed E-state index contributed by atoms with van der Waals surface area (Å²) in [7, 11) is 1.30. The minimum absolute atomic E-state index is 0.00771. The monoisotopic (exact) mass is 1070 g/mol. The lowest BCUT2D eigenvalue weighted by Crippen LogP contribution is -2.46. The summed E-state index contributed by atoms with van der Waals surface area (Å²) in [5.74, 6) is -0.171. The van der Waals surface area contributed by atoms with E-state index in [-0.39, 0.29) is 19.1 Å². The predicted octanol–water partition coefficient (Wildman–Crippen LogP) is 18.7. The lowest BCUT2D eigenvalue weighted by Gasteiger charge is -2.30. The number of phosphoric acid groups is 1. The van der Waals surface area contributed by atoms with Gasteiger partial charge >= 0.3 is 0 Å². The number of carbonyl (C=O) groups is 1. The van der Waals surface area contributed by atoms with Crippen LogP contribution in [0.5, 0.6) is 0 Å². The van der Waals surface area contributed by atoms with Crippen LogP contribution in [0, 0.1) is 0 Å². The zero-order valence-corrected chi connectivity index (χ0v) is 50.4. The molecule has 0 fully saturated rings. The second-order valence-corrected chi connectivity index (χ2v) is 23.4. The van der Waals surface area contributed by atoms with Crippen LogP contribution in [0.3, 0.4) is 0 Å². The fourth-order valence-corrected chi connectivity index (χ4v) is 9.49. The number of carbonyl (C=O) groups excluding carboxylic acids is 1. The Balaban J connectivity index is 4.12. The molecule has 0 aliphatic rings. The summed E-state index contributed by atoms with van der Waals surface area (Å²) in [5.41, 5.74) is 0. The molecule has 1 amide bonds. The second-order valence-electron chi connectivity index (χ2n) is 22.0. The lowest BCUT2D eigenvalue weighted by molar-refractivity contribution is -0.870. The molecular formula is C66H119N2O6P. The van der Waals surface area contributed by atoms with Crippen molar-refractivity contribution in [1.29, 1.82) is 0 Å². The maximum atomic E-state index is 13.0. The first-order valence-electron chi connectivity index (χ1n) is 31.1. The third-order valence-corrected chi connectivity index (χ3v) is 14.6. The minimum atomic E-state index is -4.58. The van der Waals surface area contributed by atoms with Crippen LogP contribution < -0.4 is 10.2 Å². The van der Waals surface area contributed by atoms with Crippen LogP contribution in [0.4, 0.5) is 0 Å². The van der Waals surface area contributed by atoms with E-state index in [0.717, 1.165) is 96.3 Å². The van der Waals surface area contributed by atoms with Crippen molar-refractivity contribution in [3.63, 3.8) is 0 Å². The first-order chi connectivity index (χ1) is 36.5. The van der Waals surface area contributed by atoms with Crippen molar-refractivity contribution in [2.45, 2.75) is 276 Å². The van der Waals surface area contributed by atoms with Crippen LogP contribution in [-0.2, 0) is 18.4 Å². The van der Waals surface area contributed by atoms with Gasteiger partial charge in [0.25, 0.3) is 7.82 Å². The zero-order chi connectivity index (χ0) is 54.9. The van der Waals surface area contributed by atoms with Gasteiger partial charge in [0.2, 0.25) is 5.91 Å². The first kappa shape index (κ1) is 72.4. The average molecular weight is 1070 g/mol. The standard InChI is InChI=1S/C66H119N2O6P/c1-6-8-10-12-14-16-18-20-22-24-26-27-28-29-30-31-32-33-34-35-36-37-38-39-40-41-42-44-46-48-50-52-54-56-58-60-66(70)67-64(63-74-75(71,72)73-62-61-68(3,4)5)65(69)59-57-55-53-51-49-47-45-43-25-23-21-19-17-15-13-11-9-7-2/h8,10,14,16,20,22,26-27,29-30,32-33,35-36,38-39,64-65,69H,6-7,9,11-13,15,17-19,21,23-25,28,31,34,37,40-63H2,1-5H3,(H-,67,70,71,72)/b10-8-,16-14-,22-20-,27-26-,30-29-,33-32-,36-35-,39-38-. The van der Waals surface area contributed by atoms with E-state index >= 15 is 0 Å². The number of hydrogen-bond donors (Lipinski definition) is 2. The highest BCUT2D eigenvalue weighted by Gasteiger charge is 2.24. The average Bonchev–Trinajstić information content (AvgIpc) is 3.37. The summed E-state index contributed by atoms with van der Waals surface area (Å²) in [5, 5.41) is 14.0. The highest BCUT2D eigenvalue weighted by atomic mass is 31.2. The number of likely N-dealkylation sites (N-methyl/N-ethyl adjacent to an activating group) is 1. The molecule has 0 aliphatic carbocycles. The largest absolute Gasteiger partial charge is 0.756 e. The summed E-state index contributed by atoms with van der Waals surface area (Å²) in [6.45, 7) is 4.62. The summed E-state index contributed by atoms with van der Waals surface area (Å²) in [4.78, 5) is 25.6. The molecule has 0 bridgehead atoms. The van der Waals surface area contributed by atoms with Crippen LogP contribution >= 0.6 is 7.82 Å². The number of phosphoric ester groups is 1. The quantitative estimate of drug-likeness (QED) is 0.0272. The highest BCUT2D eigenvalue weighted by Crippen LogP contribution is 2.38. The molecule has 0 radical (unpaired) electrons. The zero-order valence-electron chi connectivity index (χ0n) is 49.5. The normalized spacial score (nSPS) is 14.5. The number of aliphatic hydroxyl groups is 1. The summed E-state index contributed by atoms with van der Waals surface area (Å²) in [6.07, 6.45) is 80.1. The van der Waals surface area contributed by atoms with Crippen molar-refractivity contribution in [3.05, 3.63) is 97.2 Å². The molecule has 0 saturated heterocycles. The predicted molar refractivity (Wildman–Crippen MR) is 325 cm³/mol. The van der Waals surface area contributed by atoms with Gasteiger partial charge in [-0.05, 0) is 77.0 Å². The van der Waals surface area contributed by atoms with Crippen molar-refractivity contribution in [1.82, 2.24) is 5.32 Å². The molecule has 8 nitrogen and oxygen atoms in total. The molecule has 0 saturated carbocycles. The molecule has 0 aromatic carbocycles. The molecule has 3 unspecified atom stereocenters. The van der Waals surface area contributed by atoms with Crippen molar-refractivity contribution in [2.24, 2.45) is 0 Å². The summed E-state index contributed by atoms with van der Waals surface area (Å²) in [6, 6.07) is -0.809. The van der Waals surface area contributed by atoms with Crippen LogP contribution in [-0.4, -0.2) is 68.5 Å². The second kappa shape index (κ2) is 56.2. The van der Waals surface area contributed by atoms with E-state index < -0.39 is 20.0 Å². The van der Waals surface area contributed by atoms with Gasteiger partial charge < -0.3 is 28.8 Å². The Hall–Kier alpha value is -2.58. The van der Waals surface area contributed by atoms with E-state index in [1.54, 1.807) is 0 Å². The third kappa shape index (κ3) is 58.9. The Morgan fingerprint density at radius 3 is 1.19 bits per heavy atom. The number of quaternary nitrogens is 1. The fourth-order valence-electron chi connectivity index (χ4n) is 8.76. The van der Waals surface area contributed by atoms with Crippen molar-refractivity contribution >= 4 is 13.7 Å². The molecule has 434 valence electrons. The maximum absolute atomic E-state index is 13.0. The number of amides is 1. The van der Waals surface area contributed by atoms with E-state index in [1.165, 1.54) is 141 Å². The molecule has 0 heterocycles. The van der Waals surface area contributed by atoms with Crippen LogP contribution in [0.15, 0.2) is 97.2 Å². The molecule has 3 atom stereocenters. The van der Waals surface area contributed by atoms with Crippen LogP contribution in [0.25, 0.3) is 0 Å². The molecule has 75 heavy (non-hydrogen) atoms. The van der Waals surface area contributed by atoms with Crippen molar-refractivity contribution in [2.75, 3.05) is 40.9 Å². The van der Waals surface area contributed by atoms with Crippen molar-refractivity contribution < 1.29 is 32.9 Å². The van der Waals surface area contributed by atoms with Gasteiger partial charge in [-0.2, -0.15) is 0 Å². The van der Waals surface area contributed by atoms with Gasteiger partial charge in [-0.1, -0.05) is 278 Å². The molecule has 9 heteroatoms. The van der Waals surface area contributed by atoms with E-state index in [4.69, 9.17) is 9.05 Å². The number of aliphatic hydroxyl groups excluding tert-OH is 1. The summed E-state index contributed by atoms with van der Waals surface area (Å²) < 4.78 is 23.4. The van der Waals surface area contributed by atoms with Gasteiger partial charge in [-0.15, -0.1) is 0 Å². The molecular weight excluding hydrogens is 948 g/mol. The topological polar surface area (TPSA) is 108 Å². The highest BCUT2D eigenvalue weighted by molar-refractivity contribution is 7.45. The lowest BCUT2D eigenvalue weighted by atomic mass is 10.0.